The topological polar surface area (TPSA) is 75.3 Å². The van der Waals surface area contributed by atoms with Crippen molar-refractivity contribution in [3.05, 3.63) is 64.7 Å². The lowest BCUT2D eigenvalue weighted by Crippen LogP contribution is -2.29. The highest BCUT2D eigenvalue weighted by Gasteiger charge is 2.17. The second kappa shape index (κ2) is 7.70. The third-order valence-corrected chi connectivity index (χ3v) is 4.66. The van der Waals surface area contributed by atoms with E-state index in [0.717, 1.165) is 18.2 Å². The number of benzene rings is 2. The Balaban J connectivity index is 2.25. The van der Waals surface area contributed by atoms with Crippen LogP contribution in [0.5, 0.6) is 0 Å². The fraction of sp³-hybridized carbons (Fsp3) is 0.316. The van der Waals surface area contributed by atoms with Crippen molar-refractivity contribution in [3.8, 4) is 0 Å². The van der Waals surface area contributed by atoms with E-state index in [1.165, 1.54) is 5.56 Å². The summed E-state index contributed by atoms with van der Waals surface area (Å²) in [5.74, 6) is -0.220. The van der Waals surface area contributed by atoms with Crippen LogP contribution in [0.15, 0.2) is 42.5 Å². The Hall–Kier alpha value is -2.34. The van der Waals surface area contributed by atoms with Gasteiger partial charge in [-0.15, -0.1) is 0 Å². The van der Waals surface area contributed by atoms with Crippen LogP contribution in [-0.4, -0.2) is 20.6 Å². The number of aryl methyl sites for hydroxylation is 1. The Morgan fingerprint density at radius 1 is 1.08 bits per heavy atom. The van der Waals surface area contributed by atoms with Gasteiger partial charge in [-0.2, -0.15) is 0 Å². The largest absolute Gasteiger partial charge is 0.345 e. The lowest BCUT2D eigenvalue weighted by atomic mass is 10.0. The molecule has 134 valence electrons. The molecule has 0 saturated carbocycles. The number of sulfonamides is 1. The lowest BCUT2D eigenvalue weighted by molar-refractivity contribution is 0.0935. The standard InChI is InChI=1S/C19H24N2O3S/c1-5-17(15-11-9-13(2)10-12-15)20-19(22)16-7-6-8-18(14(16)3)21-25(4,23)24/h6-12,17,21H,5H2,1-4H3,(H,20,22)/t17-/m1/s1. The number of rotatable bonds is 6. The Morgan fingerprint density at radius 2 is 1.72 bits per heavy atom. The maximum atomic E-state index is 12.7. The van der Waals surface area contributed by atoms with Gasteiger partial charge in [-0.1, -0.05) is 42.8 Å². The summed E-state index contributed by atoms with van der Waals surface area (Å²) in [6, 6.07) is 13.0. The summed E-state index contributed by atoms with van der Waals surface area (Å²) >= 11 is 0. The number of hydrogen-bond acceptors (Lipinski definition) is 3. The van der Waals surface area contributed by atoms with E-state index in [0.29, 0.717) is 16.8 Å². The molecule has 1 atom stereocenters. The summed E-state index contributed by atoms with van der Waals surface area (Å²) < 4.78 is 25.4. The summed E-state index contributed by atoms with van der Waals surface area (Å²) in [6.45, 7) is 5.77. The van der Waals surface area contributed by atoms with Gasteiger partial charge in [0.2, 0.25) is 10.0 Å². The van der Waals surface area contributed by atoms with Crippen LogP contribution in [0.3, 0.4) is 0 Å². The van der Waals surface area contributed by atoms with Gasteiger partial charge in [0.25, 0.3) is 5.91 Å². The molecule has 0 heterocycles. The van der Waals surface area contributed by atoms with Crippen molar-refractivity contribution in [3.63, 3.8) is 0 Å². The zero-order valence-corrected chi connectivity index (χ0v) is 15.8. The Kier molecular flexibility index (Phi) is 5.85. The zero-order chi connectivity index (χ0) is 18.6. The molecule has 2 aromatic carbocycles. The number of carbonyl (C=O) groups is 1. The molecule has 0 fully saturated rings. The van der Waals surface area contributed by atoms with Crippen LogP contribution in [0.2, 0.25) is 0 Å². The third-order valence-electron chi connectivity index (χ3n) is 4.07. The van der Waals surface area contributed by atoms with E-state index in [1.807, 2.05) is 38.1 Å². The van der Waals surface area contributed by atoms with Gasteiger partial charge >= 0.3 is 0 Å². The van der Waals surface area contributed by atoms with Crippen molar-refractivity contribution >= 4 is 21.6 Å². The molecular weight excluding hydrogens is 336 g/mol. The van der Waals surface area contributed by atoms with Crippen LogP contribution in [0.1, 0.15) is 46.4 Å². The van der Waals surface area contributed by atoms with Gasteiger partial charge in [0.05, 0.1) is 18.0 Å². The van der Waals surface area contributed by atoms with Gasteiger partial charge in [0.1, 0.15) is 0 Å². The first-order chi connectivity index (χ1) is 11.7. The minimum Gasteiger partial charge on any atom is -0.345 e. The minimum absolute atomic E-state index is 0.0981. The van der Waals surface area contributed by atoms with E-state index in [1.54, 1.807) is 25.1 Å². The molecule has 5 nitrogen and oxygen atoms in total. The van der Waals surface area contributed by atoms with Gasteiger partial charge in [-0.25, -0.2) is 8.42 Å². The van der Waals surface area contributed by atoms with Gasteiger partial charge in [-0.3, -0.25) is 9.52 Å². The molecule has 0 saturated heterocycles. The monoisotopic (exact) mass is 360 g/mol. The number of anilines is 1. The van der Waals surface area contributed by atoms with Crippen molar-refractivity contribution in [1.82, 2.24) is 5.32 Å². The van der Waals surface area contributed by atoms with Crippen LogP contribution in [0.4, 0.5) is 5.69 Å². The fourth-order valence-electron chi connectivity index (χ4n) is 2.65. The summed E-state index contributed by atoms with van der Waals surface area (Å²) in [4.78, 5) is 12.7. The van der Waals surface area contributed by atoms with Gasteiger partial charge in [-0.05, 0) is 43.5 Å². The molecule has 0 aromatic heterocycles. The van der Waals surface area contributed by atoms with Crippen LogP contribution >= 0.6 is 0 Å². The van der Waals surface area contributed by atoms with Gasteiger partial charge in [0, 0.05) is 5.56 Å². The molecule has 2 rings (SSSR count). The second-order valence-corrected chi connectivity index (χ2v) is 7.95. The van der Waals surface area contributed by atoms with E-state index < -0.39 is 10.0 Å². The van der Waals surface area contributed by atoms with Crippen LogP contribution < -0.4 is 10.0 Å². The SMILES string of the molecule is CC[C@@H](NC(=O)c1cccc(NS(C)(=O)=O)c1C)c1ccc(C)cc1. The van der Waals surface area contributed by atoms with E-state index in [-0.39, 0.29) is 11.9 Å². The predicted molar refractivity (Wildman–Crippen MR) is 101 cm³/mol. The average molecular weight is 360 g/mol. The Labute approximate surface area is 149 Å². The first-order valence-corrected chi connectivity index (χ1v) is 10.0. The van der Waals surface area contributed by atoms with Gasteiger partial charge in [0.15, 0.2) is 0 Å². The Morgan fingerprint density at radius 3 is 2.28 bits per heavy atom. The molecule has 6 heteroatoms. The van der Waals surface area contributed by atoms with E-state index in [9.17, 15) is 13.2 Å². The van der Waals surface area contributed by atoms with Crippen molar-refractivity contribution in [2.24, 2.45) is 0 Å². The summed E-state index contributed by atoms with van der Waals surface area (Å²) in [5.41, 5.74) is 3.69. The summed E-state index contributed by atoms with van der Waals surface area (Å²) in [7, 11) is -3.40. The first kappa shape index (κ1) is 19.0. The van der Waals surface area contributed by atoms with E-state index in [2.05, 4.69) is 10.0 Å². The van der Waals surface area contributed by atoms with Crippen molar-refractivity contribution in [2.75, 3.05) is 11.0 Å². The third kappa shape index (κ3) is 5.06. The number of hydrogen-bond donors (Lipinski definition) is 2. The molecule has 0 aliphatic rings. The highest BCUT2D eigenvalue weighted by atomic mass is 32.2. The molecule has 0 spiro atoms. The molecular formula is C19H24N2O3S. The Bertz CT molecular complexity index is 859. The van der Waals surface area contributed by atoms with Gasteiger partial charge < -0.3 is 5.32 Å². The summed E-state index contributed by atoms with van der Waals surface area (Å²) in [6.07, 6.45) is 1.85. The molecule has 2 N–H and O–H groups in total. The number of amides is 1. The molecule has 0 aliphatic heterocycles. The fourth-order valence-corrected chi connectivity index (χ4v) is 3.27. The van der Waals surface area contributed by atoms with Crippen molar-refractivity contribution in [1.29, 1.82) is 0 Å². The maximum Gasteiger partial charge on any atom is 0.252 e. The highest BCUT2D eigenvalue weighted by Crippen LogP contribution is 2.22. The molecule has 2 aromatic rings. The first-order valence-electron chi connectivity index (χ1n) is 8.16. The zero-order valence-electron chi connectivity index (χ0n) is 15.0. The lowest BCUT2D eigenvalue weighted by Gasteiger charge is -2.19. The van der Waals surface area contributed by atoms with Crippen LogP contribution in [0.25, 0.3) is 0 Å². The summed E-state index contributed by atoms with van der Waals surface area (Å²) in [5, 5.41) is 3.03. The van der Waals surface area contributed by atoms with Crippen LogP contribution in [0, 0.1) is 13.8 Å². The van der Waals surface area contributed by atoms with Crippen LogP contribution in [-0.2, 0) is 10.0 Å². The molecule has 0 bridgehead atoms. The van der Waals surface area contributed by atoms with Crippen molar-refractivity contribution < 1.29 is 13.2 Å². The molecule has 0 radical (unpaired) electrons. The quantitative estimate of drug-likeness (QED) is 0.827. The van der Waals surface area contributed by atoms with E-state index >= 15 is 0 Å². The highest BCUT2D eigenvalue weighted by molar-refractivity contribution is 7.92. The van der Waals surface area contributed by atoms with Crippen molar-refractivity contribution in [2.45, 2.75) is 33.2 Å². The average Bonchev–Trinajstić information content (AvgIpc) is 2.54. The molecule has 0 aliphatic carbocycles. The smallest absolute Gasteiger partial charge is 0.252 e. The van der Waals surface area contributed by atoms with E-state index in [4.69, 9.17) is 0 Å². The maximum absolute atomic E-state index is 12.7. The normalized spacial score (nSPS) is 12.5. The number of nitrogens with one attached hydrogen (secondary N) is 2. The molecule has 0 unspecified atom stereocenters. The molecule has 25 heavy (non-hydrogen) atoms. The predicted octanol–water partition coefficient (Wildman–Crippen LogP) is 3.56. The minimum atomic E-state index is -3.40. The second-order valence-electron chi connectivity index (χ2n) is 6.20. The molecule has 1 amide bonds. The number of carbonyl (C=O) groups excluding carboxylic acids is 1.